The van der Waals surface area contributed by atoms with Gasteiger partial charge < -0.3 is 24.8 Å². The van der Waals surface area contributed by atoms with Crippen LogP contribution in [-0.2, 0) is 21.8 Å². The molecule has 0 aromatic carbocycles. The van der Waals surface area contributed by atoms with Crippen LogP contribution in [0.2, 0.25) is 0 Å². The molecule has 0 aromatic heterocycles. The predicted octanol–water partition coefficient (Wildman–Crippen LogP) is 2.29. The largest absolute Gasteiger partial charge is 1.00 e. The molecule has 0 saturated heterocycles. The maximum absolute atomic E-state index is 2.50. The zero-order chi connectivity index (χ0) is 19.8. The van der Waals surface area contributed by atoms with Gasteiger partial charge in [-0.3, -0.25) is 0 Å². The molecular formula is C26H37Cl2Zr. The number of halogens is 2. The van der Waals surface area contributed by atoms with Crippen LogP contribution in [0.3, 0.4) is 0 Å². The van der Waals surface area contributed by atoms with E-state index >= 15 is 0 Å². The van der Waals surface area contributed by atoms with E-state index in [-0.39, 0.29) is 30.2 Å². The molecule has 0 aliphatic heterocycles. The molecule has 159 valence electrons. The van der Waals surface area contributed by atoms with E-state index in [2.05, 4.69) is 72.8 Å². The van der Waals surface area contributed by atoms with Crippen LogP contribution >= 0.6 is 0 Å². The first-order valence-electron chi connectivity index (χ1n) is 10.9. The topological polar surface area (TPSA) is 0 Å². The predicted molar refractivity (Wildman–Crippen MR) is 116 cm³/mol. The van der Waals surface area contributed by atoms with Crippen LogP contribution in [0, 0.1) is 5.41 Å². The number of allylic oxidation sites excluding steroid dienone is 12. The second kappa shape index (κ2) is 11.0. The molecule has 0 spiro atoms. The van der Waals surface area contributed by atoms with Crippen molar-refractivity contribution in [1.82, 2.24) is 0 Å². The first kappa shape index (κ1) is 26.9. The van der Waals surface area contributed by atoms with Crippen molar-refractivity contribution in [3.05, 3.63) is 62.0 Å². The zero-order valence-corrected chi connectivity index (χ0v) is 23.3. The smallest absolute Gasteiger partial charge is 1.00 e. The third-order valence-electron chi connectivity index (χ3n) is 7.01. The summed E-state index contributed by atoms with van der Waals surface area (Å²) in [6, 6.07) is 0. The van der Waals surface area contributed by atoms with Crippen molar-refractivity contribution >= 4 is 0 Å². The minimum Gasteiger partial charge on any atom is -1.00 e. The molecule has 0 atom stereocenters. The Bertz CT molecular complexity index is 776. The van der Waals surface area contributed by atoms with E-state index in [4.69, 9.17) is 0 Å². The first-order chi connectivity index (χ1) is 12.8. The maximum Gasteiger partial charge on any atom is -1.00 e. The fourth-order valence-electron chi connectivity index (χ4n) is 5.21. The van der Waals surface area contributed by atoms with Crippen molar-refractivity contribution in [2.75, 3.05) is 0 Å². The van der Waals surface area contributed by atoms with Gasteiger partial charge in [0, 0.05) is 0 Å². The molecule has 0 amide bonds. The fourth-order valence-corrected chi connectivity index (χ4v) is 15.2. The van der Waals surface area contributed by atoms with Crippen LogP contribution < -0.4 is 24.8 Å². The summed E-state index contributed by atoms with van der Waals surface area (Å²) >= 11 is -2.12. The summed E-state index contributed by atoms with van der Waals surface area (Å²) < 4.78 is 5.65. The minimum atomic E-state index is -2.12. The molecule has 29 heavy (non-hydrogen) atoms. The molecule has 3 rings (SSSR count). The Labute approximate surface area is 199 Å². The molecule has 0 N–H and O–H groups in total. The van der Waals surface area contributed by atoms with Gasteiger partial charge in [-0.05, 0) is 0 Å². The molecule has 0 radical (unpaired) electrons. The van der Waals surface area contributed by atoms with Crippen LogP contribution in [0.5, 0.6) is 0 Å². The Hall–Kier alpha value is -0.0969. The van der Waals surface area contributed by atoms with Crippen LogP contribution in [0.1, 0.15) is 87.0 Å². The van der Waals surface area contributed by atoms with Crippen molar-refractivity contribution in [1.29, 1.82) is 0 Å². The first-order valence-corrected chi connectivity index (χ1v) is 14.6. The summed E-state index contributed by atoms with van der Waals surface area (Å²) in [5.74, 6) is 0. The van der Waals surface area contributed by atoms with E-state index in [1.165, 1.54) is 38.5 Å². The third kappa shape index (κ3) is 4.89. The van der Waals surface area contributed by atoms with Gasteiger partial charge in [0.15, 0.2) is 0 Å². The summed E-state index contributed by atoms with van der Waals surface area (Å²) in [7, 11) is 0. The third-order valence-corrected chi connectivity index (χ3v) is 16.2. The van der Waals surface area contributed by atoms with Crippen molar-refractivity contribution < 1.29 is 46.6 Å². The zero-order valence-electron chi connectivity index (χ0n) is 19.3. The van der Waals surface area contributed by atoms with Gasteiger partial charge in [0.05, 0.1) is 0 Å². The van der Waals surface area contributed by atoms with Crippen molar-refractivity contribution in [3.63, 3.8) is 0 Å². The van der Waals surface area contributed by atoms with Crippen LogP contribution in [0.15, 0.2) is 62.0 Å². The van der Waals surface area contributed by atoms with E-state index in [0.717, 1.165) is 0 Å². The quantitative estimate of drug-likeness (QED) is 0.492. The van der Waals surface area contributed by atoms with Crippen molar-refractivity contribution in [3.8, 4) is 0 Å². The van der Waals surface area contributed by atoms with Gasteiger partial charge >= 0.3 is 176 Å². The van der Waals surface area contributed by atoms with Gasteiger partial charge in [0.2, 0.25) is 0 Å². The molecule has 0 heterocycles. The Morgan fingerprint density at radius 1 is 0.793 bits per heavy atom. The second-order valence-electron chi connectivity index (χ2n) is 8.97. The molecule has 0 saturated carbocycles. The van der Waals surface area contributed by atoms with Gasteiger partial charge in [-0.25, -0.2) is 0 Å². The second-order valence-corrected chi connectivity index (χ2v) is 15.0. The normalized spacial score (nSPS) is 20.1. The standard InChI is InChI=1S/C10H15.2C8H11.2ClH.Zr/c1-7-6-10(4,5)9(3)8(7)2;2*1-2-5-8-6-3-4-7-8;;;/h1-5H3;2*3,6H,2,4-5H2,1H3;2*1H;/q;;;;;+2/p-2. The Kier molecular flexibility index (Phi) is 10.2. The summed E-state index contributed by atoms with van der Waals surface area (Å²) in [6.45, 7) is 16.8. The average molecular weight is 512 g/mol. The maximum atomic E-state index is 2.50. The van der Waals surface area contributed by atoms with Gasteiger partial charge in [-0.15, -0.1) is 0 Å². The van der Waals surface area contributed by atoms with E-state index < -0.39 is 21.8 Å². The summed E-state index contributed by atoms with van der Waals surface area (Å²) in [5.41, 5.74) is 8.45. The minimum absolute atomic E-state index is 0. The average Bonchev–Trinajstić information content (AvgIpc) is 3.30. The van der Waals surface area contributed by atoms with Crippen LogP contribution in [-0.4, -0.2) is 0 Å². The SMILES string of the molecule is CCCC1=[C]([Zr+2]([C]2=C(CCC)C=CC2)[C]2=C(C)C(C)=C(C)C2(C)C)CC=C1.[Cl-].[Cl-]. The number of hydrogen-bond acceptors (Lipinski definition) is 0. The summed E-state index contributed by atoms with van der Waals surface area (Å²) in [5, 5.41) is 0. The summed E-state index contributed by atoms with van der Waals surface area (Å²) in [4.78, 5) is 0. The van der Waals surface area contributed by atoms with Crippen molar-refractivity contribution in [2.45, 2.75) is 87.0 Å². The number of rotatable bonds is 7. The Morgan fingerprint density at radius 3 is 1.59 bits per heavy atom. The molecule has 0 aromatic rings. The molecule has 3 aliphatic rings. The van der Waals surface area contributed by atoms with Crippen molar-refractivity contribution in [2.24, 2.45) is 5.41 Å². The number of hydrogen-bond donors (Lipinski definition) is 0. The molecule has 3 aliphatic carbocycles. The van der Waals surface area contributed by atoms with Crippen LogP contribution in [0.25, 0.3) is 0 Å². The monoisotopic (exact) mass is 509 g/mol. The molecule has 3 heteroatoms. The molecule has 0 nitrogen and oxygen atoms in total. The summed E-state index contributed by atoms with van der Waals surface area (Å²) in [6.07, 6.45) is 17.3. The van der Waals surface area contributed by atoms with Gasteiger partial charge in [-0.2, -0.15) is 0 Å². The fraction of sp³-hybridized carbons (Fsp3) is 0.538. The van der Waals surface area contributed by atoms with E-state index in [0.29, 0.717) is 0 Å². The van der Waals surface area contributed by atoms with Gasteiger partial charge in [0.25, 0.3) is 0 Å². The van der Waals surface area contributed by atoms with E-state index in [1.807, 2.05) is 9.84 Å². The molecule has 0 bridgehead atoms. The molecular weight excluding hydrogens is 474 g/mol. The Balaban J connectivity index is 0.00000210. The van der Waals surface area contributed by atoms with E-state index in [9.17, 15) is 0 Å². The van der Waals surface area contributed by atoms with Gasteiger partial charge in [0.1, 0.15) is 0 Å². The Morgan fingerprint density at radius 2 is 1.24 bits per heavy atom. The molecule has 0 fully saturated rings. The van der Waals surface area contributed by atoms with E-state index in [1.54, 1.807) is 27.9 Å². The van der Waals surface area contributed by atoms with Gasteiger partial charge in [-0.1, -0.05) is 0 Å². The molecule has 0 unspecified atom stereocenters. The van der Waals surface area contributed by atoms with Crippen LogP contribution in [0.4, 0.5) is 0 Å².